The van der Waals surface area contributed by atoms with E-state index < -0.39 is 0 Å². The molecule has 1 rings (SSSR count). The molecule has 0 spiro atoms. The number of unbranched alkanes of at least 4 members (excludes halogenated alkanes) is 1. The number of benzene rings is 1. The van der Waals surface area contributed by atoms with Gasteiger partial charge in [-0.2, -0.15) is 0 Å². The van der Waals surface area contributed by atoms with Crippen LogP contribution in [0.5, 0.6) is 0 Å². The van der Waals surface area contributed by atoms with Gasteiger partial charge in [0.25, 0.3) is 5.91 Å². The molecule has 0 aromatic heterocycles. The van der Waals surface area contributed by atoms with Gasteiger partial charge in [0, 0.05) is 25.2 Å². The Balaban J connectivity index is 2.79. The minimum Gasteiger partial charge on any atom is -0.395 e. The first-order valence-electron chi connectivity index (χ1n) is 6.42. The summed E-state index contributed by atoms with van der Waals surface area (Å²) in [6.07, 6.45) is 1.97. The fourth-order valence-electron chi connectivity index (χ4n) is 1.80. The number of nitrogens with zero attached hydrogens (tertiary/aromatic N) is 1. The molecule has 1 aromatic rings. The van der Waals surface area contributed by atoms with Gasteiger partial charge in [-0.25, -0.2) is 0 Å². The second-order valence-corrected chi connectivity index (χ2v) is 4.27. The molecule has 1 aromatic carbocycles. The molecule has 1 amide bonds. The van der Waals surface area contributed by atoms with Gasteiger partial charge in [0.2, 0.25) is 0 Å². The molecule has 0 fully saturated rings. The number of carbonyl (C=O) groups is 1. The summed E-state index contributed by atoms with van der Waals surface area (Å²) in [7, 11) is 0. The zero-order chi connectivity index (χ0) is 13.4. The number of nitrogens with two attached hydrogens (primary N) is 1. The molecule has 100 valence electrons. The first-order chi connectivity index (χ1) is 8.72. The summed E-state index contributed by atoms with van der Waals surface area (Å²) < 4.78 is 0. The Labute approximate surface area is 108 Å². The van der Waals surface area contributed by atoms with Crippen molar-refractivity contribution in [2.24, 2.45) is 5.73 Å². The number of carbonyl (C=O) groups excluding carboxylic acids is 1. The van der Waals surface area contributed by atoms with Gasteiger partial charge in [-0.1, -0.05) is 25.5 Å². The van der Waals surface area contributed by atoms with E-state index >= 15 is 0 Å². The van der Waals surface area contributed by atoms with Crippen molar-refractivity contribution >= 4 is 5.91 Å². The molecule has 18 heavy (non-hydrogen) atoms. The van der Waals surface area contributed by atoms with Crippen molar-refractivity contribution < 1.29 is 9.90 Å². The molecule has 0 aliphatic carbocycles. The van der Waals surface area contributed by atoms with Crippen LogP contribution in [-0.2, 0) is 6.54 Å². The van der Waals surface area contributed by atoms with Crippen LogP contribution < -0.4 is 5.73 Å². The van der Waals surface area contributed by atoms with Crippen molar-refractivity contribution in [3.63, 3.8) is 0 Å². The summed E-state index contributed by atoms with van der Waals surface area (Å²) in [6, 6.07) is 7.35. The highest BCUT2D eigenvalue weighted by Crippen LogP contribution is 2.09. The fourth-order valence-corrected chi connectivity index (χ4v) is 1.80. The standard InChI is InChI=1S/C14H22N2O2/c1-2-3-7-16(8-9-17)14(18)13-6-4-5-12(10-13)11-15/h4-6,10,17H,2-3,7-9,11,15H2,1H3. The van der Waals surface area contributed by atoms with Crippen LogP contribution in [0.1, 0.15) is 35.7 Å². The average Bonchev–Trinajstić information content (AvgIpc) is 2.42. The lowest BCUT2D eigenvalue weighted by atomic mass is 10.1. The minimum absolute atomic E-state index is 0.00790. The third kappa shape index (κ3) is 4.13. The Kier molecular flexibility index (Phi) is 6.39. The van der Waals surface area contributed by atoms with Crippen LogP contribution in [0.2, 0.25) is 0 Å². The maximum atomic E-state index is 12.3. The summed E-state index contributed by atoms with van der Waals surface area (Å²) in [5.41, 5.74) is 7.15. The van der Waals surface area contributed by atoms with E-state index in [1.54, 1.807) is 11.0 Å². The third-order valence-electron chi connectivity index (χ3n) is 2.85. The summed E-state index contributed by atoms with van der Waals surface area (Å²) >= 11 is 0. The summed E-state index contributed by atoms with van der Waals surface area (Å²) in [4.78, 5) is 14.0. The molecule has 0 heterocycles. The highest BCUT2D eigenvalue weighted by molar-refractivity contribution is 5.94. The quantitative estimate of drug-likeness (QED) is 0.768. The SMILES string of the molecule is CCCCN(CCO)C(=O)c1cccc(CN)c1. The van der Waals surface area contributed by atoms with E-state index in [0.29, 0.717) is 25.2 Å². The number of amides is 1. The van der Waals surface area contributed by atoms with Crippen molar-refractivity contribution in [3.8, 4) is 0 Å². The first-order valence-corrected chi connectivity index (χ1v) is 6.42. The predicted octanol–water partition coefficient (Wildman–Crippen LogP) is 1.38. The Morgan fingerprint density at radius 1 is 1.39 bits per heavy atom. The Morgan fingerprint density at radius 2 is 2.17 bits per heavy atom. The molecule has 0 aliphatic rings. The van der Waals surface area contributed by atoms with E-state index in [4.69, 9.17) is 10.8 Å². The first kappa shape index (κ1) is 14.7. The smallest absolute Gasteiger partial charge is 0.253 e. The third-order valence-corrected chi connectivity index (χ3v) is 2.85. The van der Waals surface area contributed by atoms with E-state index in [-0.39, 0.29) is 12.5 Å². The van der Waals surface area contributed by atoms with E-state index in [2.05, 4.69) is 6.92 Å². The van der Waals surface area contributed by atoms with Crippen LogP contribution >= 0.6 is 0 Å². The zero-order valence-corrected chi connectivity index (χ0v) is 10.9. The lowest BCUT2D eigenvalue weighted by Gasteiger charge is -2.21. The number of hydrogen-bond acceptors (Lipinski definition) is 3. The molecular weight excluding hydrogens is 228 g/mol. The second-order valence-electron chi connectivity index (χ2n) is 4.27. The summed E-state index contributed by atoms with van der Waals surface area (Å²) in [5.74, 6) is -0.0344. The highest BCUT2D eigenvalue weighted by atomic mass is 16.3. The summed E-state index contributed by atoms with van der Waals surface area (Å²) in [6.45, 7) is 3.56. The number of aliphatic hydroxyl groups excluding tert-OH is 1. The van der Waals surface area contributed by atoms with Crippen molar-refractivity contribution in [2.45, 2.75) is 26.3 Å². The maximum absolute atomic E-state index is 12.3. The van der Waals surface area contributed by atoms with E-state index in [1.807, 2.05) is 18.2 Å². The molecule has 4 nitrogen and oxygen atoms in total. The van der Waals surface area contributed by atoms with Gasteiger partial charge < -0.3 is 15.7 Å². The van der Waals surface area contributed by atoms with Crippen molar-refractivity contribution in [1.29, 1.82) is 0 Å². The van der Waals surface area contributed by atoms with Crippen molar-refractivity contribution in [2.75, 3.05) is 19.7 Å². The van der Waals surface area contributed by atoms with Crippen LogP contribution in [0.25, 0.3) is 0 Å². The van der Waals surface area contributed by atoms with Crippen LogP contribution in [0.4, 0.5) is 0 Å². The Morgan fingerprint density at radius 3 is 2.78 bits per heavy atom. The van der Waals surface area contributed by atoms with E-state index in [9.17, 15) is 4.79 Å². The highest BCUT2D eigenvalue weighted by Gasteiger charge is 2.14. The molecule has 0 atom stereocenters. The number of hydrogen-bond donors (Lipinski definition) is 2. The lowest BCUT2D eigenvalue weighted by Crippen LogP contribution is -2.34. The predicted molar refractivity (Wildman–Crippen MR) is 72.2 cm³/mol. The van der Waals surface area contributed by atoms with Crippen LogP contribution in [0.3, 0.4) is 0 Å². The van der Waals surface area contributed by atoms with Crippen LogP contribution in [0, 0.1) is 0 Å². The zero-order valence-electron chi connectivity index (χ0n) is 10.9. The molecule has 0 radical (unpaired) electrons. The molecule has 0 aliphatic heterocycles. The van der Waals surface area contributed by atoms with Crippen molar-refractivity contribution in [1.82, 2.24) is 4.90 Å². The largest absolute Gasteiger partial charge is 0.395 e. The summed E-state index contributed by atoms with van der Waals surface area (Å²) in [5, 5.41) is 9.02. The normalized spacial score (nSPS) is 10.4. The monoisotopic (exact) mass is 250 g/mol. The minimum atomic E-state index is -0.0344. The van der Waals surface area contributed by atoms with Gasteiger partial charge in [0.05, 0.1) is 6.61 Å². The number of aliphatic hydroxyl groups is 1. The van der Waals surface area contributed by atoms with Gasteiger partial charge in [0.15, 0.2) is 0 Å². The van der Waals surface area contributed by atoms with Crippen LogP contribution in [-0.4, -0.2) is 35.6 Å². The second kappa shape index (κ2) is 7.84. The molecule has 0 saturated carbocycles. The number of rotatable bonds is 7. The molecular formula is C14H22N2O2. The van der Waals surface area contributed by atoms with Crippen LogP contribution in [0.15, 0.2) is 24.3 Å². The van der Waals surface area contributed by atoms with Gasteiger partial charge in [-0.05, 0) is 24.1 Å². The van der Waals surface area contributed by atoms with Gasteiger partial charge in [0.1, 0.15) is 0 Å². The van der Waals surface area contributed by atoms with E-state index in [0.717, 1.165) is 18.4 Å². The van der Waals surface area contributed by atoms with E-state index in [1.165, 1.54) is 0 Å². The topological polar surface area (TPSA) is 66.6 Å². The van der Waals surface area contributed by atoms with Gasteiger partial charge >= 0.3 is 0 Å². The lowest BCUT2D eigenvalue weighted by molar-refractivity contribution is 0.0719. The average molecular weight is 250 g/mol. The Hall–Kier alpha value is -1.39. The molecule has 0 saturated heterocycles. The molecule has 3 N–H and O–H groups in total. The fraction of sp³-hybridized carbons (Fsp3) is 0.500. The van der Waals surface area contributed by atoms with Gasteiger partial charge in [-0.15, -0.1) is 0 Å². The molecule has 4 heteroatoms. The molecule has 0 bridgehead atoms. The Bertz CT molecular complexity index is 380. The maximum Gasteiger partial charge on any atom is 0.253 e. The van der Waals surface area contributed by atoms with Gasteiger partial charge in [-0.3, -0.25) is 4.79 Å². The van der Waals surface area contributed by atoms with Crippen molar-refractivity contribution in [3.05, 3.63) is 35.4 Å². The molecule has 0 unspecified atom stereocenters.